The molecule has 45 heavy (non-hydrogen) atoms. The molecule has 5 atom stereocenters. The van der Waals surface area contributed by atoms with E-state index in [0.29, 0.717) is 0 Å². The van der Waals surface area contributed by atoms with Crippen molar-refractivity contribution in [3.05, 3.63) is 144 Å². The number of hydrogen-bond donors (Lipinski definition) is 0. The number of ether oxygens (including phenoxy) is 6. The van der Waals surface area contributed by atoms with Gasteiger partial charge in [0.1, 0.15) is 6.10 Å². The molecule has 4 aromatic carbocycles. The highest BCUT2D eigenvalue weighted by Crippen LogP contribution is 2.32. The van der Waals surface area contributed by atoms with Crippen LogP contribution in [0, 0.1) is 0 Å². The van der Waals surface area contributed by atoms with E-state index < -0.39 is 54.6 Å². The molecule has 1 aliphatic heterocycles. The van der Waals surface area contributed by atoms with Gasteiger partial charge in [-0.25, -0.2) is 19.2 Å². The van der Waals surface area contributed by atoms with Crippen molar-refractivity contribution in [2.75, 3.05) is 7.11 Å². The molecule has 0 aliphatic carbocycles. The van der Waals surface area contributed by atoms with Crippen LogP contribution in [0.1, 0.15) is 36.6 Å². The molecule has 0 N–H and O–H groups in total. The normalized spacial score (nSPS) is 20.8. The molecular weight excluding hydrogens is 580 g/mol. The fourth-order valence-electron chi connectivity index (χ4n) is 4.70. The fraction of sp³-hybridized carbons (Fsp3) is 0.200. The third kappa shape index (κ3) is 7.80. The van der Waals surface area contributed by atoms with Gasteiger partial charge in [0.25, 0.3) is 0 Å². The lowest BCUT2D eigenvalue weighted by molar-refractivity contribution is -0.287. The Morgan fingerprint density at radius 1 is 0.556 bits per heavy atom. The van der Waals surface area contributed by atoms with Gasteiger partial charge in [-0.15, -0.1) is 0 Å². The van der Waals surface area contributed by atoms with Crippen molar-refractivity contribution in [2.24, 2.45) is 0 Å². The van der Waals surface area contributed by atoms with E-state index in [1.807, 2.05) is 18.2 Å². The van der Waals surface area contributed by atoms with Gasteiger partial charge in [0, 0.05) is 0 Å². The van der Waals surface area contributed by atoms with E-state index in [-0.39, 0.29) is 23.3 Å². The van der Waals surface area contributed by atoms with E-state index in [4.69, 9.17) is 28.4 Å². The molecule has 0 spiro atoms. The third-order valence-electron chi connectivity index (χ3n) is 6.95. The lowest BCUT2D eigenvalue weighted by Crippen LogP contribution is -2.63. The molecule has 0 aromatic heterocycles. The molecule has 1 aliphatic rings. The monoisotopic (exact) mass is 610 g/mol. The number of hydrogen-bond acceptors (Lipinski definition) is 10. The van der Waals surface area contributed by atoms with Gasteiger partial charge in [-0.2, -0.15) is 0 Å². The summed E-state index contributed by atoms with van der Waals surface area (Å²) in [6.45, 7) is -0.0441. The zero-order chi connectivity index (χ0) is 31.6. The van der Waals surface area contributed by atoms with Crippen LogP contribution in [0.25, 0.3) is 0 Å². The molecule has 10 heteroatoms. The lowest BCUT2D eigenvalue weighted by Gasteiger charge is -2.43. The van der Waals surface area contributed by atoms with E-state index in [1.165, 1.54) is 24.3 Å². The first-order chi connectivity index (χ1) is 21.9. The van der Waals surface area contributed by atoms with Gasteiger partial charge < -0.3 is 28.4 Å². The Morgan fingerprint density at radius 2 is 0.978 bits per heavy atom. The summed E-state index contributed by atoms with van der Waals surface area (Å²) in [6.07, 6.45) is -7.64. The predicted octanol–water partition coefficient (Wildman–Crippen LogP) is 4.78. The van der Waals surface area contributed by atoms with Gasteiger partial charge in [-0.05, 0) is 42.0 Å². The molecule has 0 amide bonds. The predicted molar refractivity (Wildman–Crippen MR) is 159 cm³/mol. The Kier molecular flexibility index (Phi) is 10.3. The largest absolute Gasteiger partial charge is 0.467 e. The van der Waals surface area contributed by atoms with Crippen molar-refractivity contribution in [1.29, 1.82) is 0 Å². The third-order valence-corrected chi connectivity index (χ3v) is 6.95. The SMILES string of the molecule is COC(=O)C1O[C@@H](OC(=O)c2ccccc2)C(OC(=O)c2ccccc2)[C@@H](OCc2ccccc2)[C@@H]1OC(=O)c1ccccc1. The van der Waals surface area contributed by atoms with Crippen LogP contribution in [0.15, 0.2) is 121 Å². The highest BCUT2D eigenvalue weighted by atomic mass is 16.7. The average Bonchev–Trinajstić information content (AvgIpc) is 3.10. The van der Waals surface area contributed by atoms with Gasteiger partial charge in [-0.3, -0.25) is 0 Å². The Labute approximate surface area is 259 Å². The summed E-state index contributed by atoms with van der Waals surface area (Å²) in [4.78, 5) is 53.0. The van der Waals surface area contributed by atoms with Crippen molar-refractivity contribution < 1.29 is 47.6 Å². The molecule has 1 heterocycles. The highest BCUT2D eigenvalue weighted by Gasteiger charge is 2.55. The molecule has 5 rings (SSSR count). The maximum Gasteiger partial charge on any atom is 0.340 e. The molecule has 1 saturated heterocycles. The second-order valence-corrected chi connectivity index (χ2v) is 9.95. The number of carbonyl (C=O) groups is 4. The van der Waals surface area contributed by atoms with E-state index in [9.17, 15) is 19.2 Å². The summed E-state index contributed by atoms with van der Waals surface area (Å²) in [7, 11) is 1.13. The standard InChI is InChI=1S/C35H30O10/c1-40-34(39)29-28(42-31(36)24-16-8-3-9-17-24)27(41-22-23-14-6-2-7-15-23)30(43-32(37)25-18-10-4-11-19-25)35(44-29)45-33(38)26-20-12-5-13-21-26/h2-21,27-30,35H,22H2,1H3/t27-,28-,29?,30?,35-/m0/s1. The molecule has 0 saturated carbocycles. The van der Waals surface area contributed by atoms with Crippen LogP contribution in [-0.4, -0.2) is 61.7 Å². The summed E-state index contributed by atoms with van der Waals surface area (Å²) in [5.74, 6) is -3.32. The van der Waals surface area contributed by atoms with Crippen LogP contribution in [0.2, 0.25) is 0 Å². The molecule has 1 fully saturated rings. The Morgan fingerprint density at radius 3 is 1.44 bits per heavy atom. The van der Waals surface area contributed by atoms with Gasteiger partial charge in [0.15, 0.2) is 18.3 Å². The maximum atomic E-state index is 13.4. The van der Waals surface area contributed by atoms with Crippen molar-refractivity contribution in [3.63, 3.8) is 0 Å². The molecule has 0 radical (unpaired) electrons. The average molecular weight is 611 g/mol. The molecule has 230 valence electrons. The number of methoxy groups -OCH3 is 1. The van der Waals surface area contributed by atoms with Crippen molar-refractivity contribution >= 4 is 23.9 Å². The van der Waals surface area contributed by atoms with E-state index in [0.717, 1.165) is 12.7 Å². The summed E-state index contributed by atoms with van der Waals surface area (Å²) in [5.41, 5.74) is 1.31. The minimum absolute atomic E-state index is 0.0441. The van der Waals surface area contributed by atoms with Crippen molar-refractivity contribution in [1.82, 2.24) is 0 Å². The topological polar surface area (TPSA) is 124 Å². The zero-order valence-corrected chi connectivity index (χ0v) is 24.2. The van der Waals surface area contributed by atoms with Gasteiger partial charge in [0.2, 0.25) is 6.29 Å². The van der Waals surface area contributed by atoms with Crippen LogP contribution in [0.3, 0.4) is 0 Å². The van der Waals surface area contributed by atoms with E-state index in [1.54, 1.807) is 78.9 Å². The molecule has 0 bridgehead atoms. The summed E-state index contributed by atoms with van der Waals surface area (Å²) < 4.78 is 34.7. The van der Waals surface area contributed by atoms with Gasteiger partial charge >= 0.3 is 23.9 Å². The Bertz CT molecular complexity index is 1580. The van der Waals surface area contributed by atoms with Crippen LogP contribution in [0.5, 0.6) is 0 Å². The second-order valence-electron chi connectivity index (χ2n) is 9.95. The fourth-order valence-corrected chi connectivity index (χ4v) is 4.70. The lowest BCUT2D eigenvalue weighted by atomic mass is 9.97. The van der Waals surface area contributed by atoms with E-state index in [2.05, 4.69) is 0 Å². The van der Waals surface area contributed by atoms with Crippen molar-refractivity contribution in [2.45, 2.75) is 37.3 Å². The van der Waals surface area contributed by atoms with Crippen LogP contribution in [0.4, 0.5) is 0 Å². The summed E-state index contributed by atoms with van der Waals surface area (Å²) >= 11 is 0. The quantitative estimate of drug-likeness (QED) is 0.183. The maximum absolute atomic E-state index is 13.4. The summed E-state index contributed by atoms with van der Waals surface area (Å²) in [6, 6.07) is 33.4. The van der Waals surface area contributed by atoms with Crippen molar-refractivity contribution in [3.8, 4) is 0 Å². The molecule has 2 unspecified atom stereocenters. The van der Waals surface area contributed by atoms with Gasteiger partial charge in [0.05, 0.1) is 30.4 Å². The molecule has 10 nitrogen and oxygen atoms in total. The minimum atomic E-state index is -1.66. The summed E-state index contributed by atoms with van der Waals surface area (Å²) in [5, 5.41) is 0. The first-order valence-corrected chi connectivity index (χ1v) is 14.1. The molecule has 4 aromatic rings. The number of rotatable bonds is 10. The number of benzene rings is 4. The highest BCUT2D eigenvalue weighted by molar-refractivity contribution is 5.91. The van der Waals surface area contributed by atoms with Gasteiger partial charge in [-0.1, -0.05) is 84.9 Å². The minimum Gasteiger partial charge on any atom is -0.467 e. The van der Waals surface area contributed by atoms with Crippen LogP contribution >= 0.6 is 0 Å². The first kappa shape index (κ1) is 31.1. The Balaban J connectivity index is 1.55. The smallest absolute Gasteiger partial charge is 0.340 e. The Hall–Kier alpha value is -5.32. The second kappa shape index (κ2) is 14.9. The van der Waals surface area contributed by atoms with E-state index >= 15 is 0 Å². The first-order valence-electron chi connectivity index (χ1n) is 14.1. The number of carbonyl (C=O) groups excluding carboxylic acids is 4. The van der Waals surface area contributed by atoms with Crippen LogP contribution < -0.4 is 0 Å². The molecular formula is C35H30O10. The zero-order valence-electron chi connectivity index (χ0n) is 24.2. The van der Waals surface area contributed by atoms with Crippen LogP contribution in [-0.2, 0) is 39.8 Å². The number of esters is 4.